The van der Waals surface area contributed by atoms with E-state index in [0.717, 1.165) is 35.2 Å². The zero-order valence-electron chi connectivity index (χ0n) is 19.5. The minimum atomic E-state index is -3.38. The van der Waals surface area contributed by atoms with Gasteiger partial charge in [0, 0.05) is 25.2 Å². The number of hydrogen-bond acceptors (Lipinski definition) is 5. The maximum absolute atomic E-state index is 14.1. The van der Waals surface area contributed by atoms with Gasteiger partial charge < -0.3 is 14.5 Å². The van der Waals surface area contributed by atoms with Crippen LogP contribution in [0.1, 0.15) is 13.8 Å². The van der Waals surface area contributed by atoms with E-state index in [1.54, 1.807) is 29.2 Å². The summed E-state index contributed by atoms with van der Waals surface area (Å²) in [6.07, 6.45) is 1.08. The van der Waals surface area contributed by atoms with Gasteiger partial charge in [-0.2, -0.15) is 0 Å². The zero-order valence-corrected chi connectivity index (χ0v) is 20.3. The molecular weight excluding hydrogens is 476 g/mol. The van der Waals surface area contributed by atoms with Crippen LogP contribution in [0.3, 0.4) is 0 Å². The quantitative estimate of drug-likeness (QED) is 0.534. The summed E-state index contributed by atoms with van der Waals surface area (Å²) in [5, 5.41) is 0. The molecule has 10 heteroatoms. The van der Waals surface area contributed by atoms with Crippen molar-refractivity contribution in [3.8, 4) is 16.9 Å². The molecule has 0 bridgehead atoms. The molecule has 1 amide bonds. The molecule has 35 heavy (non-hydrogen) atoms. The summed E-state index contributed by atoms with van der Waals surface area (Å²) in [5.74, 6) is -1.66. The number of ether oxygens (including phenoxy) is 1. The number of benzene rings is 3. The first-order chi connectivity index (χ1) is 16.5. The Labute approximate surface area is 203 Å². The number of fused-ring (bicyclic) bond motifs is 1. The van der Waals surface area contributed by atoms with E-state index in [0.29, 0.717) is 17.9 Å². The predicted octanol–water partition coefficient (Wildman–Crippen LogP) is 4.60. The van der Waals surface area contributed by atoms with Crippen molar-refractivity contribution in [3.05, 3.63) is 72.3 Å². The highest BCUT2D eigenvalue weighted by Gasteiger charge is 2.31. The first-order valence-corrected chi connectivity index (χ1v) is 12.8. The van der Waals surface area contributed by atoms with Crippen LogP contribution >= 0.6 is 0 Å². The van der Waals surface area contributed by atoms with Gasteiger partial charge >= 0.3 is 0 Å². The summed E-state index contributed by atoms with van der Waals surface area (Å²) in [6.45, 7) is 3.85. The van der Waals surface area contributed by atoms with E-state index in [4.69, 9.17) is 4.74 Å². The van der Waals surface area contributed by atoms with E-state index in [1.165, 1.54) is 13.0 Å². The van der Waals surface area contributed by atoms with Crippen LogP contribution < -0.4 is 19.3 Å². The number of sulfonamides is 1. The molecule has 7 nitrogen and oxygen atoms in total. The highest BCUT2D eigenvalue weighted by molar-refractivity contribution is 7.92. The molecule has 1 aliphatic rings. The van der Waals surface area contributed by atoms with Crippen LogP contribution in [0.5, 0.6) is 5.75 Å². The Kier molecular flexibility index (Phi) is 6.66. The van der Waals surface area contributed by atoms with Crippen LogP contribution in [0.4, 0.5) is 25.8 Å². The first-order valence-electron chi connectivity index (χ1n) is 10.9. The maximum Gasteiger partial charge on any atom is 0.229 e. The molecule has 0 saturated carbocycles. The Bertz CT molecular complexity index is 1360. The Morgan fingerprint density at radius 3 is 2.34 bits per heavy atom. The molecule has 1 aliphatic heterocycles. The molecule has 1 atom stereocenters. The summed E-state index contributed by atoms with van der Waals surface area (Å²) in [4.78, 5) is 16.0. The lowest BCUT2D eigenvalue weighted by atomic mass is 10.0. The van der Waals surface area contributed by atoms with E-state index in [1.807, 2.05) is 30.0 Å². The second-order valence-electron chi connectivity index (χ2n) is 8.46. The topological polar surface area (TPSA) is 79.0 Å². The summed E-state index contributed by atoms with van der Waals surface area (Å²) in [6, 6.07) is 15.5. The van der Waals surface area contributed by atoms with Crippen molar-refractivity contribution in [3.63, 3.8) is 0 Å². The lowest BCUT2D eigenvalue weighted by molar-refractivity contribution is -0.117. The lowest BCUT2D eigenvalue weighted by Crippen LogP contribution is -2.50. The third kappa shape index (κ3) is 5.54. The van der Waals surface area contributed by atoms with Gasteiger partial charge in [-0.1, -0.05) is 18.2 Å². The van der Waals surface area contributed by atoms with Gasteiger partial charge in [-0.15, -0.1) is 0 Å². The Morgan fingerprint density at radius 2 is 1.71 bits per heavy atom. The molecule has 0 saturated heterocycles. The van der Waals surface area contributed by atoms with Crippen molar-refractivity contribution >= 4 is 33.0 Å². The number of rotatable bonds is 6. The average molecular weight is 502 g/mol. The van der Waals surface area contributed by atoms with Gasteiger partial charge in [0.2, 0.25) is 15.9 Å². The van der Waals surface area contributed by atoms with Gasteiger partial charge in [0.15, 0.2) is 18.3 Å². The number of nitrogens with one attached hydrogen (secondary N) is 1. The lowest BCUT2D eigenvalue weighted by Gasteiger charge is -2.41. The van der Waals surface area contributed by atoms with E-state index in [-0.39, 0.29) is 24.4 Å². The van der Waals surface area contributed by atoms with Crippen LogP contribution in [0, 0.1) is 11.6 Å². The van der Waals surface area contributed by atoms with Gasteiger partial charge in [0.25, 0.3) is 0 Å². The molecule has 3 aromatic rings. The molecule has 0 aliphatic carbocycles. The average Bonchev–Trinajstić information content (AvgIpc) is 2.77. The number of hydrogen-bond donors (Lipinski definition) is 1. The zero-order chi connectivity index (χ0) is 25.3. The smallest absolute Gasteiger partial charge is 0.229 e. The molecule has 0 aromatic heterocycles. The van der Waals surface area contributed by atoms with Crippen LogP contribution in [-0.2, 0) is 14.8 Å². The Balaban J connectivity index is 1.66. The molecule has 4 rings (SSSR count). The minimum Gasteiger partial charge on any atom is -0.470 e. The van der Waals surface area contributed by atoms with Crippen LogP contribution in [0.15, 0.2) is 60.7 Å². The van der Waals surface area contributed by atoms with Gasteiger partial charge in [-0.3, -0.25) is 9.52 Å². The summed E-state index contributed by atoms with van der Waals surface area (Å²) < 4.78 is 58.3. The molecular formula is C25H25F2N3O4S. The first kappa shape index (κ1) is 24.5. The summed E-state index contributed by atoms with van der Waals surface area (Å²) in [5.41, 5.74) is 3.54. The SMILES string of the molecule is CC(=O)N1c2ccc(-c3ccc(NS(C)(=O)=O)cc3)cc2N(COc2ccc(F)cc2F)C[C@@H]1C. The van der Waals surface area contributed by atoms with Crippen molar-refractivity contribution < 1.29 is 26.7 Å². The van der Waals surface area contributed by atoms with Crippen LogP contribution in [0.25, 0.3) is 11.1 Å². The van der Waals surface area contributed by atoms with Gasteiger partial charge in [0.05, 0.1) is 23.7 Å². The fourth-order valence-electron chi connectivity index (χ4n) is 4.18. The number of anilines is 3. The van der Waals surface area contributed by atoms with Crippen LogP contribution in [-0.4, -0.2) is 39.9 Å². The largest absolute Gasteiger partial charge is 0.470 e. The van der Waals surface area contributed by atoms with Crippen molar-refractivity contribution in [2.45, 2.75) is 19.9 Å². The molecule has 3 aromatic carbocycles. The molecule has 184 valence electrons. The second kappa shape index (κ2) is 9.53. The second-order valence-corrected chi connectivity index (χ2v) is 10.2. The molecule has 1 heterocycles. The van der Waals surface area contributed by atoms with Gasteiger partial charge in [-0.05, 0) is 54.4 Å². The standard InChI is InChI=1S/C25H25F2N3O4S/c1-16-14-29(15-34-25-11-7-20(26)13-22(25)27)24-12-19(6-10-23(24)30(16)17(2)31)18-4-8-21(9-5-18)28-35(3,32)33/h4-13,16,28H,14-15H2,1-3H3/t16-/m0/s1. The number of amides is 1. The number of nitrogens with zero attached hydrogens (tertiary/aromatic N) is 2. The van der Waals surface area contributed by atoms with Gasteiger partial charge in [0.1, 0.15) is 5.82 Å². The van der Waals surface area contributed by atoms with Crippen molar-refractivity contribution in [2.24, 2.45) is 0 Å². The minimum absolute atomic E-state index is 0.00763. The van der Waals surface area contributed by atoms with E-state index in [9.17, 15) is 22.0 Å². The van der Waals surface area contributed by atoms with E-state index < -0.39 is 21.7 Å². The Hall–Kier alpha value is -3.66. The third-order valence-corrected chi connectivity index (χ3v) is 6.24. The van der Waals surface area contributed by atoms with Crippen molar-refractivity contribution in [1.29, 1.82) is 0 Å². The number of halogens is 2. The summed E-state index contributed by atoms with van der Waals surface area (Å²) >= 11 is 0. The third-order valence-electron chi connectivity index (χ3n) is 5.63. The van der Waals surface area contributed by atoms with Crippen molar-refractivity contribution in [2.75, 3.05) is 34.1 Å². The van der Waals surface area contributed by atoms with Crippen molar-refractivity contribution in [1.82, 2.24) is 0 Å². The molecule has 1 N–H and O–H groups in total. The maximum atomic E-state index is 14.1. The predicted molar refractivity (Wildman–Crippen MR) is 132 cm³/mol. The van der Waals surface area contributed by atoms with E-state index >= 15 is 0 Å². The normalized spacial score (nSPS) is 15.5. The monoisotopic (exact) mass is 501 g/mol. The number of carbonyl (C=O) groups excluding carboxylic acids is 1. The summed E-state index contributed by atoms with van der Waals surface area (Å²) in [7, 11) is -3.38. The fraction of sp³-hybridized carbons (Fsp3) is 0.240. The molecule has 0 unspecified atom stereocenters. The van der Waals surface area contributed by atoms with Gasteiger partial charge in [-0.25, -0.2) is 17.2 Å². The molecule has 0 fully saturated rings. The highest BCUT2D eigenvalue weighted by atomic mass is 32.2. The fourth-order valence-corrected chi connectivity index (χ4v) is 4.75. The van der Waals surface area contributed by atoms with Crippen LogP contribution in [0.2, 0.25) is 0 Å². The molecule has 0 spiro atoms. The van der Waals surface area contributed by atoms with E-state index in [2.05, 4.69) is 4.72 Å². The molecule has 0 radical (unpaired) electrons. The Morgan fingerprint density at radius 1 is 1.03 bits per heavy atom. The number of carbonyl (C=O) groups is 1. The highest BCUT2D eigenvalue weighted by Crippen LogP contribution is 2.39.